The first-order valence-electron chi connectivity index (χ1n) is 4.28. The van der Waals surface area contributed by atoms with Crippen LogP contribution in [0.1, 0.15) is 29.3 Å². The van der Waals surface area contributed by atoms with Crippen molar-refractivity contribution in [1.82, 2.24) is 4.98 Å². The van der Waals surface area contributed by atoms with E-state index in [1.54, 1.807) is 6.92 Å². The van der Waals surface area contributed by atoms with Gasteiger partial charge in [0.25, 0.3) is 6.43 Å². The second kappa shape index (κ2) is 5.67. The van der Waals surface area contributed by atoms with Crippen LogP contribution in [-0.4, -0.2) is 17.6 Å². The van der Waals surface area contributed by atoms with Crippen molar-refractivity contribution in [2.45, 2.75) is 13.3 Å². The van der Waals surface area contributed by atoms with Crippen molar-refractivity contribution >= 4 is 37.8 Å². The molecule has 1 rings (SSSR count). The molecule has 3 nitrogen and oxygen atoms in total. The SMILES string of the molecule is CCOC(=O)c1c(Br)ncc(Br)c1C(F)F. The van der Waals surface area contributed by atoms with Gasteiger partial charge in [0.1, 0.15) is 10.2 Å². The zero-order valence-electron chi connectivity index (χ0n) is 8.14. The van der Waals surface area contributed by atoms with Crippen molar-refractivity contribution in [3.8, 4) is 0 Å². The van der Waals surface area contributed by atoms with Crippen molar-refractivity contribution in [2.24, 2.45) is 0 Å². The summed E-state index contributed by atoms with van der Waals surface area (Å²) in [5.41, 5.74) is -0.661. The van der Waals surface area contributed by atoms with Crippen LogP contribution in [0, 0.1) is 0 Å². The highest BCUT2D eigenvalue weighted by Gasteiger charge is 2.25. The van der Waals surface area contributed by atoms with Gasteiger partial charge in [-0.25, -0.2) is 18.6 Å². The second-order valence-electron chi connectivity index (χ2n) is 2.71. The molecular formula is C9H7Br2F2NO2. The summed E-state index contributed by atoms with van der Waals surface area (Å²) in [5, 5.41) is 0. The first-order valence-corrected chi connectivity index (χ1v) is 5.86. The van der Waals surface area contributed by atoms with Crippen molar-refractivity contribution in [3.05, 3.63) is 26.4 Å². The number of pyridine rings is 1. The maximum absolute atomic E-state index is 12.8. The summed E-state index contributed by atoms with van der Waals surface area (Å²) in [6, 6.07) is 0. The van der Waals surface area contributed by atoms with Crippen LogP contribution in [-0.2, 0) is 4.74 Å². The Morgan fingerprint density at radius 3 is 2.69 bits per heavy atom. The van der Waals surface area contributed by atoms with E-state index >= 15 is 0 Å². The van der Waals surface area contributed by atoms with Crippen LogP contribution in [0.5, 0.6) is 0 Å². The van der Waals surface area contributed by atoms with Crippen molar-refractivity contribution in [3.63, 3.8) is 0 Å². The predicted octanol–water partition coefficient (Wildman–Crippen LogP) is 3.72. The standard InChI is InChI=1S/C9H7Br2F2NO2/c1-2-16-9(15)6-5(8(12)13)4(10)3-14-7(6)11/h3,8H,2H2,1H3. The summed E-state index contributed by atoms with van der Waals surface area (Å²) in [5.74, 6) is -0.821. The molecule has 1 aromatic rings. The Balaban J connectivity index is 3.34. The molecule has 0 aliphatic carbocycles. The van der Waals surface area contributed by atoms with E-state index < -0.39 is 18.0 Å². The van der Waals surface area contributed by atoms with E-state index in [0.717, 1.165) is 0 Å². The molecule has 0 aromatic carbocycles. The average Bonchev–Trinajstić information content (AvgIpc) is 2.20. The number of rotatable bonds is 3. The monoisotopic (exact) mass is 357 g/mol. The van der Waals surface area contributed by atoms with Gasteiger partial charge in [-0.2, -0.15) is 0 Å². The highest BCUT2D eigenvalue weighted by Crippen LogP contribution is 2.33. The van der Waals surface area contributed by atoms with Gasteiger partial charge < -0.3 is 4.74 Å². The molecule has 0 saturated carbocycles. The Morgan fingerprint density at radius 1 is 1.56 bits per heavy atom. The molecular weight excluding hydrogens is 352 g/mol. The van der Waals surface area contributed by atoms with Crippen LogP contribution in [0.4, 0.5) is 8.78 Å². The van der Waals surface area contributed by atoms with E-state index in [1.807, 2.05) is 0 Å². The Labute approximate surface area is 107 Å². The van der Waals surface area contributed by atoms with E-state index in [9.17, 15) is 13.6 Å². The van der Waals surface area contributed by atoms with Gasteiger partial charge >= 0.3 is 5.97 Å². The van der Waals surface area contributed by atoms with E-state index in [-0.39, 0.29) is 21.2 Å². The minimum atomic E-state index is -2.78. The molecule has 1 heterocycles. The quantitative estimate of drug-likeness (QED) is 0.610. The molecule has 0 spiro atoms. The van der Waals surface area contributed by atoms with Gasteiger partial charge in [0, 0.05) is 10.7 Å². The number of halogens is 4. The lowest BCUT2D eigenvalue weighted by molar-refractivity contribution is 0.0513. The molecule has 0 atom stereocenters. The second-order valence-corrected chi connectivity index (χ2v) is 4.31. The van der Waals surface area contributed by atoms with Crippen LogP contribution in [0.2, 0.25) is 0 Å². The predicted molar refractivity (Wildman–Crippen MR) is 60.6 cm³/mol. The lowest BCUT2D eigenvalue weighted by atomic mass is 10.1. The number of carbonyl (C=O) groups is 1. The fourth-order valence-corrected chi connectivity index (χ4v) is 2.04. The minimum absolute atomic E-state index is 0.0458. The number of aromatic nitrogens is 1. The zero-order chi connectivity index (χ0) is 12.3. The van der Waals surface area contributed by atoms with E-state index in [1.165, 1.54) is 6.20 Å². The molecule has 0 radical (unpaired) electrons. The molecule has 0 aliphatic rings. The highest BCUT2D eigenvalue weighted by molar-refractivity contribution is 9.11. The van der Waals surface area contributed by atoms with Crippen molar-refractivity contribution in [1.29, 1.82) is 0 Å². The number of ether oxygens (including phenoxy) is 1. The normalized spacial score (nSPS) is 10.6. The van der Waals surface area contributed by atoms with Crippen molar-refractivity contribution in [2.75, 3.05) is 6.61 Å². The Hall–Kier alpha value is -0.560. The Bertz CT molecular complexity index is 413. The average molecular weight is 359 g/mol. The summed E-state index contributed by atoms with van der Waals surface area (Å²) >= 11 is 5.88. The topological polar surface area (TPSA) is 39.2 Å². The first kappa shape index (κ1) is 13.5. The van der Waals surface area contributed by atoms with Crippen LogP contribution >= 0.6 is 31.9 Å². The molecule has 7 heteroatoms. The maximum Gasteiger partial charge on any atom is 0.341 e. The van der Waals surface area contributed by atoms with Crippen molar-refractivity contribution < 1.29 is 18.3 Å². The van der Waals surface area contributed by atoms with Gasteiger partial charge in [0.2, 0.25) is 0 Å². The molecule has 88 valence electrons. The number of nitrogens with zero attached hydrogens (tertiary/aromatic N) is 1. The van der Waals surface area contributed by atoms with Gasteiger partial charge in [0.15, 0.2) is 0 Å². The van der Waals surface area contributed by atoms with Gasteiger partial charge in [-0.15, -0.1) is 0 Å². The number of esters is 1. The fraction of sp³-hybridized carbons (Fsp3) is 0.333. The molecule has 0 saturated heterocycles. The van der Waals surface area contributed by atoms with Gasteiger partial charge in [-0.1, -0.05) is 0 Å². The smallest absolute Gasteiger partial charge is 0.341 e. The molecule has 0 N–H and O–H groups in total. The molecule has 0 bridgehead atoms. The molecule has 16 heavy (non-hydrogen) atoms. The molecule has 0 aliphatic heterocycles. The fourth-order valence-electron chi connectivity index (χ4n) is 1.09. The summed E-state index contributed by atoms with van der Waals surface area (Å²) in [6.45, 7) is 1.71. The molecule has 0 fully saturated rings. The lowest BCUT2D eigenvalue weighted by Crippen LogP contribution is -2.11. The van der Waals surface area contributed by atoms with Gasteiger partial charge in [-0.3, -0.25) is 0 Å². The highest BCUT2D eigenvalue weighted by atomic mass is 79.9. The summed E-state index contributed by atoms with van der Waals surface area (Å²) in [7, 11) is 0. The largest absolute Gasteiger partial charge is 0.462 e. The zero-order valence-corrected chi connectivity index (χ0v) is 11.3. The van der Waals surface area contributed by atoms with Crippen LogP contribution in [0.3, 0.4) is 0 Å². The number of carbonyl (C=O) groups excluding carboxylic acids is 1. The molecule has 0 amide bonds. The first-order chi connectivity index (χ1) is 7.49. The third-order valence-corrected chi connectivity index (χ3v) is 2.96. The number of hydrogen-bond acceptors (Lipinski definition) is 3. The third-order valence-electron chi connectivity index (χ3n) is 1.72. The summed E-state index contributed by atoms with van der Waals surface area (Å²) in [6.07, 6.45) is -1.58. The Kier molecular flexibility index (Phi) is 4.79. The van der Waals surface area contributed by atoms with Crippen LogP contribution < -0.4 is 0 Å². The summed E-state index contributed by atoms with van der Waals surface area (Å²) in [4.78, 5) is 15.3. The van der Waals surface area contributed by atoms with E-state index in [4.69, 9.17) is 4.74 Å². The summed E-state index contributed by atoms with van der Waals surface area (Å²) < 4.78 is 30.4. The lowest BCUT2D eigenvalue weighted by Gasteiger charge is -2.11. The maximum atomic E-state index is 12.8. The van der Waals surface area contributed by atoms with Gasteiger partial charge in [0.05, 0.1) is 12.2 Å². The number of alkyl halides is 2. The Morgan fingerprint density at radius 2 is 2.19 bits per heavy atom. The van der Waals surface area contributed by atoms with Crippen LogP contribution in [0.15, 0.2) is 15.3 Å². The van der Waals surface area contributed by atoms with Gasteiger partial charge in [-0.05, 0) is 38.8 Å². The van der Waals surface area contributed by atoms with Crippen LogP contribution in [0.25, 0.3) is 0 Å². The van der Waals surface area contributed by atoms with E-state index in [2.05, 4.69) is 36.8 Å². The number of hydrogen-bond donors (Lipinski definition) is 0. The molecule has 1 aromatic heterocycles. The molecule has 0 unspecified atom stereocenters. The minimum Gasteiger partial charge on any atom is -0.462 e. The third kappa shape index (κ3) is 2.76. The van der Waals surface area contributed by atoms with E-state index in [0.29, 0.717) is 0 Å².